The third-order valence-corrected chi connectivity index (χ3v) is 4.84. The number of hydrogen-bond donors (Lipinski definition) is 0. The Kier molecular flexibility index (Phi) is 7.78. The molecule has 0 radical (unpaired) electrons. The van der Waals surface area contributed by atoms with Crippen LogP contribution in [0.15, 0.2) is 30.3 Å². The van der Waals surface area contributed by atoms with Crippen molar-refractivity contribution >= 4 is 7.92 Å². The summed E-state index contributed by atoms with van der Waals surface area (Å²) in [6.45, 7) is 4.52. The Morgan fingerprint density at radius 1 is 0.941 bits per heavy atom. The average molecular weight is 246 g/mol. The van der Waals surface area contributed by atoms with Gasteiger partial charge < -0.3 is 0 Å². The van der Waals surface area contributed by atoms with Crippen LogP contribution >= 0.6 is 7.92 Å². The van der Waals surface area contributed by atoms with Gasteiger partial charge in [-0.1, -0.05) is 56.5 Å². The highest BCUT2D eigenvalue weighted by Crippen LogP contribution is 2.36. The van der Waals surface area contributed by atoms with E-state index in [0.717, 1.165) is 5.56 Å². The molecule has 0 unspecified atom stereocenters. The van der Waals surface area contributed by atoms with Gasteiger partial charge in [-0.15, -0.1) is 0 Å². The van der Waals surface area contributed by atoms with E-state index >= 15 is 0 Å². The zero-order valence-corrected chi connectivity index (χ0v) is 12.0. The van der Waals surface area contributed by atoms with Gasteiger partial charge in [0, 0.05) is 5.56 Å². The summed E-state index contributed by atoms with van der Waals surface area (Å²) >= 11 is 0. The highest BCUT2D eigenvalue weighted by Gasteiger charge is 2.02. The molecule has 0 heterocycles. The first-order valence-corrected chi connectivity index (χ1v) is 8.39. The molecule has 0 bridgehead atoms. The smallest absolute Gasteiger partial charge is 0.0248 e. The molecule has 0 N–H and O–H groups in total. The molecule has 0 aliphatic heterocycles. The molecule has 0 saturated heterocycles. The highest BCUT2D eigenvalue weighted by atomic mass is 31.1. The summed E-state index contributed by atoms with van der Waals surface area (Å²) in [5, 5.41) is 0. The van der Waals surface area contributed by atoms with Crippen LogP contribution in [-0.4, -0.2) is 12.3 Å². The van der Waals surface area contributed by atoms with E-state index in [-0.39, 0.29) is 7.92 Å². The van der Waals surface area contributed by atoms with Gasteiger partial charge in [0.15, 0.2) is 0 Å². The van der Waals surface area contributed by atoms with Crippen LogP contribution in [0.4, 0.5) is 0 Å². The molecule has 1 heteroatoms. The van der Waals surface area contributed by atoms with Crippen molar-refractivity contribution in [1.29, 1.82) is 0 Å². The Labute approximate surface area is 108 Å². The molecule has 1 aromatic rings. The average Bonchev–Trinajstić information content (AvgIpc) is 2.39. The molecule has 0 fully saturated rings. The van der Waals surface area contributed by atoms with Crippen molar-refractivity contribution in [1.82, 2.24) is 0 Å². The van der Waals surface area contributed by atoms with Gasteiger partial charge in [-0.3, -0.25) is 0 Å². The van der Waals surface area contributed by atoms with Gasteiger partial charge in [0.2, 0.25) is 0 Å². The molecule has 17 heavy (non-hydrogen) atoms. The van der Waals surface area contributed by atoms with Crippen molar-refractivity contribution in [3.05, 3.63) is 35.9 Å². The standard InChI is InChI=1S/C16H23P/c1-3-5-13-17(14-6-4-2)15-12-16-10-8-7-9-11-16/h7-11H,3-6,13-14H2,1-2H3. The second-order valence-electron chi connectivity index (χ2n) is 4.30. The molecule has 0 saturated carbocycles. The molecule has 92 valence electrons. The summed E-state index contributed by atoms with van der Waals surface area (Å²) in [5.41, 5.74) is 4.68. The minimum atomic E-state index is -0.0572. The number of hydrogen-bond acceptors (Lipinski definition) is 0. The van der Waals surface area contributed by atoms with Crippen LogP contribution in [0, 0.1) is 11.6 Å². The molecule has 0 aliphatic carbocycles. The van der Waals surface area contributed by atoms with Crippen LogP contribution in [0.3, 0.4) is 0 Å². The highest BCUT2D eigenvalue weighted by molar-refractivity contribution is 7.62. The van der Waals surface area contributed by atoms with Crippen LogP contribution < -0.4 is 0 Å². The molecular formula is C16H23P. The largest absolute Gasteiger partial charge is 0.0713 e. The first-order chi connectivity index (χ1) is 8.36. The van der Waals surface area contributed by atoms with Crippen molar-refractivity contribution in [2.24, 2.45) is 0 Å². The Morgan fingerprint density at radius 2 is 1.53 bits per heavy atom. The summed E-state index contributed by atoms with van der Waals surface area (Å²) < 4.78 is 0. The van der Waals surface area contributed by atoms with Crippen LogP contribution in [0.5, 0.6) is 0 Å². The van der Waals surface area contributed by atoms with Crippen molar-refractivity contribution in [2.75, 3.05) is 12.3 Å². The van der Waals surface area contributed by atoms with Gasteiger partial charge in [-0.05, 0) is 45.2 Å². The van der Waals surface area contributed by atoms with E-state index in [1.165, 1.54) is 38.0 Å². The number of rotatable bonds is 6. The second-order valence-corrected chi connectivity index (χ2v) is 6.49. The lowest BCUT2D eigenvalue weighted by Crippen LogP contribution is -1.88. The molecule has 0 spiro atoms. The molecular weight excluding hydrogens is 223 g/mol. The molecule has 0 amide bonds. The monoisotopic (exact) mass is 246 g/mol. The van der Waals surface area contributed by atoms with Crippen molar-refractivity contribution in [3.63, 3.8) is 0 Å². The van der Waals surface area contributed by atoms with Crippen LogP contribution in [-0.2, 0) is 0 Å². The molecule has 0 nitrogen and oxygen atoms in total. The minimum Gasteiger partial charge on any atom is -0.0713 e. The van der Waals surface area contributed by atoms with E-state index in [2.05, 4.69) is 49.7 Å². The van der Waals surface area contributed by atoms with Gasteiger partial charge >= 0.3 is 0 Å². The predicted octanol–water partition coefficient (Wildman–Crippen LogP) is 5.08. The van der Waals surface area contributed by atoms with E-state index in [4.69, 9.17) is 0 Å². The fraction of sp³-hybridized carbons (Fsp3) is 0.500. The van der Waals surface area contributed by atoms with Gasteiger partial charge in [0.05, 0.1) is 0 Å². The molecule has 0 aromatic heterocycles. The summed E-state index contributed by atoms with van der Waals surface area (Å²) in [6.07, 6.45) is 7.89. The normalized spacial score (nSPS) is 10.1. The van der Waals surface area contributed by atoms with Gasteiger partial charge in [-0.25, -0.2) is 0 Å². The summed E-state index contributed by atoms with van der Waals surface area (Å²) in [6, 6.07) is 10.4. The second kappa shape index (κ2) is 9.26. The lowest BCUT2D eigenvalue weighted by molar-refractivity contribution is 0.871. The van der Waals surface area contributed by atoms with Crippen molar-refractivity contribution < 1.29 is 0 Å². The van der Waals surface area contributed by atoms with Gasteiger partial charge in [0.1, 0.15) is 0 Å². The maximum absolute atomic E-state index is 3.52. The molecule has 1 rings (SSSR count). The summed E-state index contributed by atoms with van der Waals surface area (Å²) in [7, 11) is -0.0572. The quantitative estimate of drug-likeness (QED) is 0.485. The zero-order chi connectivity index (χ0) is 12.3. The fourth-order valence-electron chi connectivity index (χ4n) is 1.59. The molecule has 0 aliphatic rings. The third kappa shape index (κ3) is 6.50. The lowest BCUT2D eigenvalue weighted by Gasteiger charge is -2.09. The van der Waals surface area contributed by atoms with E-state index in [1.54, 1.807) is 0 Å². The first kappa shape index (κ1) is 14.3. The van der Waals surface area contributed by atoms with E-state index in [1.807, 2.05) is 6.07 Å². The minimum absolute atomic E-state index is 0.0572. The van der Waals surface area contributed by atoms with Crippen LogP contribution in [0.1, 0.15) is 45.1 Å². The Bertz CT molecular complexity index is 337. The number of unbranched alkanes of at least 4 members (excludes halogenated alkanes) is 2. The summed E-state index contributed by atoms with van der Waals surface area (Å²) in [4.78, 5) is 0. The Balaban J connectivity index is 2.55. The number of benzene rings is 1. The van der Waals surface area contributed by atoms with Gasteiger partial charge in [-0.2, -0.15) is 0 Å². The van der Waals surface area contributed by atoms with Crippen LogP contribution in [0.2, 0.25) is 0 Å². The molecule has 0 atom stereocenters. The predicted molar refractivity (Wildman–Crippen MR) is 79.8 cm³/mol. The first-order valence-electron chi connectivity index (χ1n) is 6.68. The maximum atomic E-state index is 3.52. The van der Waals surface area contributed by atoms with Gasteiger partial charge in [0.25, 0.3) is 0 Å². The summed E-state index contributed by atoms with van der Waals surface area (Å²) in [5.74, 6) is 3.34. The van der Waals surface area contributed by atoms with E-state index in [0.29, 0.717) is 0 Å². The lowest BCUT2D eigenvalue weighted by atomic mass is 10.2. The SMILES string of the molecule is CCCCP(C#Cc1ccccc1)CCCC. The Morgan fingerprint density at radius 3 is 2.06 bits per heavy atom. The molecule has 1 aromatic carbocycles. The zero-order valence-electron chi connectivity index (χ0n) is 11.1. The van der Waals surface area contributed by atoms with Crippen LogP contribution in [0.25, 0.3) is 0 Å². The third-order valence-electron chi connectivity index (χ3n) is 2.70. The van der Waals surface area contributed by atoms with Crippen molar-refractivity contribution in [3.8, 4) is 11.6 Å². The fourth-order valence-corrected chi connectivity index (χ4v) is 3.72. The van der Waals surface area contributed by atoms with E-state index in [9.17, 15) is 0 Å². The Hall–Kier alpha value is -0.790. The maximum Gasteiger partial charge on any atom is 0.0248 e. The van der Waals surface area contributed by atoms with E-state index < -0.39 is 0 Å². The van der Waals surface area contributed by atoms with Crippen molar-refractivity contribution in [2.45, 2.75) is 39.5 Å². The topological polar surface area (TPSA) is 0 Å².